The van der Waals surface area contributed by atoms with E-state index in [1.807, 2.05) is 18.2 Å². The number of aliphatic hydroxyl groups excluding tert-OH is 1. The van der Waals surface area contributed by atoms with Gasteiger partial charge in [0.15, 0.2) is 0 Å². The van der Waals surface area contributed by atoms with Gasteiger partial charge in [0.1, 0.15) is 0 Å². The third kappa shape index (κ3) is 4.05. The lowest BCUT2D eigenvalue weighted by atomic mass is 9.79. The van der Waals surface area contributed by atoms with Gasteiger partial charge < -0.3 is 10.4 Å². The molecule has 1 aromatic carbocycles. The van der Waals surface area contributed by atoms with Gasteiger partial charge >= 0.3 is 0 Å². The molecule has 1 aromatic rings. The van der Waals surface area contributed by atoms with Crippen LogP contribution in [0.4, 0.5) is 0 Å². The van der Waals surface area contributed by atoms with Crippen molar-refractivity contribution in [2.75, 3.05) is 6.61 Å². The fourth-order valence-corrected chi connectivity index (χ4v) is 3.21. The summed E-state index contributed by atoms with van der Waals surface area (Å²) in [5.41, 5.74) is 1.19. The zero-order chi connectivity index (χ0) is 13.7. The molecule has 2 nitrogen and oxygen atoms in total. The molecule has 1 aliphatic rings. The van der Waals surface area contributed by atoms with Crippen LogP contribution in [0.3, 0.4) is 0 Å². The minimum atomic E-state index is 0.0807. The summed E-state index contributed by atoms with van der Waals surface area (Å²) in [5, 5.41) is 13.3. The van der Waals surface area contributed by atoms with Gasteiger partial charge in [-0.15, -0.1) is 0 Å². The highest BCUT2D eigenvalue weighted by Crippen LogP contribution is 2.31. The van der Waals surface area contributed by atoms with E-state index < -0.39 is 0 Å². The predicted octanol–water partition coefficient (Wildman–Crippen LogP) is 3.52. The Kier molecular flexibility index (Phi) is 5.41. The number of rotatable bonds is 5. The molecule has 106 valence electrons. The smallest absolute Gasteiger partial charge is 0.0626 e. The molecule has 0 spiro atoms. The van der Waals surface area contributed by atoms with E-state index in [1.54, 1.807) is 0 Å². The van der Waals surface area contributed by atoms with Crippen LogP contribution in [0.25, 0.3) is 0 Å². The van der Waals surface area contributed by atoms with E-state index in [9.17, 15) is 5.11 Å². The van der Waals surface area contributed by atoms with Crippen molar-refractivity contribution in [2.45, 2.75) is 51.6 Å². The molecule has 1 saturated carbocycles. The van der Waals surface area contributed by atoms with E-state index in [-0.39, 0.29) is 12.6 Å². The van der Waals surface area contributed by atoms with E-state index >= 15 is 0 Å². The molecular weight excluding hydrogens is 234 g/mol. The van der Waals surface area contributed by atoms with Gasteiger partial charge in [0.25, 0.3) is 0 Å². The van der Waals surface area contributed by atoms with Crippen molar-refractivity contribution in [3.05, 3.63) is 35.9 Å². The van der Waals surface area contributed by atoms with Crippen molar-refractivity contribution in [2.24, 2.45) is 11.8 Å². The fraction of sp³-hybridized carbons (Fsp3) is 0.647. The van der Waals surface area contributed by atoms with Gasteiger partial charge in [-0.2, -0.15) is 0 Å². The molecule has 3 atom stereocenters. The number of benzene rings is 1. The second-order valence-corrected chi connectivity index (χ2v) is 6.18. The van der Waals surface area contributed by atoms with Gasteiger partial charge in [0, 0.05) is 6.04 Å². The molecule has 2 N–H and O–H groups in total. The van der Waals surface area contributed by atoms with Crippen LogP contribution in [0.1, 0.15) is 51.1 Å². The summed E-state index contributed by atoms with van der Waals surface area (Å²) >= 11 is 0. The van der Waals surface area contributed by atoms with Crippen LogP contribution in [0, 0.1) is 11.8 Å². The van der Waals surface area contributed by atoms with Gasteiger partial charge in [-0.05, 0) is 30.2 Å². The van der Waals surface area contributed by atoms with E-state index in [4.69, 9.17) is 0 Å². The molecule has 2 heteroatoms. The largest absolute Gasteiger partial charge is 0.394 e. The van der Waals surface area contributed by atoms with E-state index in [1.165, 1.54) is 31.2 Å². The number of nitrogens with one attached hydrogen (secondary N) is 1. The molecule has 0 radical (unpaired) electrons. The average Bonchev–Trinajstić information content (AvgIpc) is 2.46. The quantitative estimate of drug-likeness (QED) is 0.850. The number of hydrogen-bond acceptors (Lipinski definition) is 2. The third-order valence-electron chi connectivity index (χ3n) is 4.48. The molecule has 1 fully saturated rings. The van der Waals surface area contributed by atoms with Crippen LogP contribution < -0.4 is 5.32 Å². The third-order valence-corrected chi connectivity index (χ3v) is 4.48. The van der Waals surface area contributed by atoms with Crippen LogP contribution in [-0.4, -0.2) is 17.8 Å². The molecule has 2 unspecified atom stereocenters. The summed E-state index contributed by atoms with van der Waals surface area (Å²) < 4.78 is 0. The van der Waals surface area contributed by atoms with Crippen molar-refractivity contribution >= 4 is 0 Å². The van der Waals surface area contributed by atoms with E-state index in [0.717, 1.165) is 11.8 Å². The minimum Gasteiger partial charge on any atom is -0.394 e. The number of aliphatic hydroxyl groups is 1. The van der Waals surface area contributed by atoms with Crippen LogP contribution >= 0.6 is 0 Å². The molecule has 0 aromatic heterocycles. The normalized spacial score (nSPS) is 25.5. The van der Waals surface area contributed by atoms with Gasteiger partial charge in [0.2, 0.25) is 0 Å². The van der Waals surface area contributed by atoms with Crippen molar-refractivity contribution in [1.82, 2.24) is 5.32 Å². The Balaban J connectivity index is 1.95. The summed E-state index contributed by atoms with van der Waals surface area (Å²) in [6.07, 6.45) is 5.17. The molecule has 0 aliphatic heterocycles. The van der Waals surface area contributed by atoms with Gasteiger partial charge in [0.05, 0.1) is 12.6 Å². The fourth-order valence-electron chi connectivity index (χ4n) is 3.21. The Hall–Kier alpha value is -0.860. The van der Waals surface area contributed by atoms with Crippen LogP contribution in [0.15, 0.2) is 30.3 Å². The first kappa shape index (κ1) is 14.5. The topological polar surface area (TPSA) is 32.3 Å². The lowest BCUT2D eigenvalue weighted by Gasteiger charge is -2.34. The summed E-state index contributed by atoms with van der Waals surface area (Å²) in [6.45, 7) is 4.83. The zero-order valence-corrected chi connectivity index (χ0v) is 12.2. The molecular formula is C17H27NO. The minimum absolute atomic E-state index is 0.0807. The monoisotopic (exact) mass is 261 g/mol. The zero-order valence-electron chi connectivity index (χ0n) is 12.2. The Morgan fingerprint density at radius 2 is 1.95 bits per heavy atom. The maximum Gasteiger partial charge on any atom is 0.0626 e. The molecule has 0 heterocycles. The van der Waals surface area contributed by atoms with Gasteiger partial charge in [-0.1, -0.05) is 57.0 Å². The standard InChI is InChI=1S/C17H27NO/c1-13(2)15-9-6-10-16(11-15)18-17(12-19)14-7-4-3-5-8-14/h3-5,7-8,13,15-19H,6,9-12H2,1-2H3/t15?,16?,17-/m1/s1. The second-order valence-electron chi connectivity index (χ2n) is 6.18. The summed E-state index contributed by atoms with van der Waals surface area (Å²) in [7, 11) is 0. The summed E-state index contributed by atoms with van der Waals surface area (Å²) in [5.74, 6) is 1.61. The molecule has 0 amide bonds. The first-order valence-corrected chi connectivity index (χ1v) is 7.62. The first-order valence-electron chi connectivity index (χ1n) is 7.62. The van der Waals surface area contributed by atoms with Crippen LogP contribution in [-0.2, 0) is 0 Å². The second kappa shape index (κ2) is 7.06. The van der Waals surface area contributed by atoms with Crippen molar-refractivity contribution in [1.29, 1.82) is 0 Å². The van der Waals surface area contributed by atoms with Gasteiger partial charge in [-0.3, -0.25) is 0 Å². The van der Waals surface area contributed by atoms with Crippen LogP contribution in [0.5, 0.6) is 0 Å². The maximum absolute atomic E-state index is 9.62. The summed E-state index contributed by atoms with van der Waals surface area (Å²) in [4.78, 5) is 0. The average molecular weight is 261 g/mol. The Labute approximate surface area is 117 Å². The molecule has 1 aliphatic carbocycles. The van der Waals surface area contributed by atoms with E-state index in [2.05, 4.69) is 31.3 Å². The van der Waals surface area contributed by atoms with Crippen LogP contribution in [0.2, 0.25) is 0 Å². The SMILES string of the molecule is CC(C)C1CCCC(N[C@H](CO)c2ccccc2)C1. The Bertz CT molecular complexity index is 363. The highest BCUT2D eigenvalue weighted by molar-refractivity contribution is 5.19. The molecule has 0 saturated heterocycles. The predicted molar refractivity (Wildman–Crippen MR) is 80.0 cm³/mol. The maximum atomic E-state index is 9.62. The highest BCUT2D eigenvalue weighted by Gasteiger charge is 2.25. The lowest BCUT2D eigenvalue weighted by molar-refractivity contribution is 0.187. The van der Waals surface area contributed by atoms with E-state index in [0.29, 0.717) is 6.04 Å². The van der Waals surface area contributed by atoms with Gasteiger partial charge in [-0.25, -0.2) is 0 Å². The first-order chi connectivity index (χ1) is 9.20. The Morgan fingerprint density at radius 3 is 2.58 bits per heavy atom. The Morgan fingerprint density at radius 1 is 1.21 bits per heavy atom. The molecule has 2 rings (SSSR count). The highest BCUT2D eigenvalue weighted by atomic mass is 16.3. The molecule has 0 bridgehead atoms. The lowest BCUT2D eigenvalue weighted by Crippen LogP contribution is -2.39. The van der Waals surface area contributed by atoms with Crippen molar-refractivity contribution in [3.63, 3.8) is 0 Å². The van der Waals surface area contributed by atoms with Crippen molar-refractivity contribution in [3.8, 4) is 0 Å². The summed E-state index contributed by atoms with van der Waals surface area (Å²) in [6, 6.07) is 10.9. The molecule has 19 heavy (non-hydrogen) atoms. The van der Waals surface area contributed by atoms with Crippen molar-refractivity contribution < 1.29 is 5.11 Å². The number of hydrogen-bond donors (Lipinski definition) is 2.